The van der Waals surface area contributed by atoms with Crippen LogP contribution in [0.2, 0.25) is 0 Å². The van der Waals surface area contributed by atoms with Gasteiger partial charge in [-0.05, 0) is 18.9 Å². The first-order valence-electron chi connectivity index (χ1n) is 3.18. The Hall–Kier alpha value is -1.64. The van der Waals surface area contributed by atoms with Crippen molar-refractivity contribution < 1.29 is 0 Å². The van der Waals surface area contributed by atoms with Crippen molar-refractivity contribution in [1.29, 1.82) is 0 Å². The van der Waals surface area contributed by atoms with Gasteiger partial charge in [0.25, 0.3) is 0 Å². The van der Waals surface area contributed by atoms with E-state index in [1.165, 1.54) is 6.34 Å². The number of hydrogen-bond acceptors (Lipinski definition) is 2. The Morgan fingerprint density at radius 1 is 1.27 bits per heavy atom. The lowest BCUT2D eigenvalue weighted by atomic mass is 10.3. The fourth-order valence-electron chi connectivity index (χ4n) is 0.787. The van der Waals surface area contributed by atoms with Crippen molar-refractivity contribution in [3.05, 3.63) is 24.3 Å². The van der Waals surface area contributed by atoms with Gasteiger partial charge in [-0.1, -0.05) is 12.1 Å². The largest absolute Gasteiger partial charge is 0.390 e. The summed E-state index contributed by atoms with van der Waals surface area (Å²) in [5, 5.41) is 0. The third kappa shape index (κ3) is 1.64. The number of nitrogens with zero attached hydrogens (tertiary/aromatic N) is 2. The van der Waals surface area contributed by atoms with Crippen molar-refractivity contribution in [2.24, 2.45) is 15.7 Å². The number of hydrogen-bond donors (Lipinski definition) is 1. The van der Waals surface area contributed by atoms with Gasteiger partial charge in [0.1, 0.15) is 0 Å². The molecule has 0 aliphatic carbocycles. The molecule has 0 fully saturated rings. The highest BCUT2D eigenvalue weighted by Crippen LogP contribution is 2.25. The number of nitrogens with two attached hydrogens (primary N) is 1. The summed E-state index contributed by atoms with van der Waals surface area (Å²) in [5.41, 5.74) is 6.62. The van der Waals surface area contributed by atoms with Crippen LogP contribution in [0.4, 0.5) is 11.4 Å². The van der Waals surface area contributed by atoms with E-state index < -0.39 is 0 Å². The molecule has 0 aliphatic rings. The molecule has 1 aromatic rings. The molecule has 0 unspecified atom stereocenters. The zero-order valence-corrected chi connectivity index (χ0v) is 6.07. The highest BCUT2D eigenvalue weighted by Gasteiger charge is 1.93. The lowest BCUT2D eigenvalue weighted by Gasteiger charge is -1.95. The van der Waals surface area contributed by atoms with Crippen LogP contribution in [-0.2, 0) is 0 Å². The average molecular weight is 147 g/mol. The van der Waals surface area contributed by atoms with Crippen molar-refractivity contribution in [3.63, 3.8) is 0 Å². The van der Waals surface area contributed by atoms with E-state index in [9.17, 15) is 0 Å². The lowest BCUT2D eigenvalue weighted by molar-refractivity contribution is 1.46. The normalized spacial score (nSPS) is 10.2. The first-order valence-corrected chi connectivity index (χ1v) is 3.18. The molecule has 0 saturated heterocycles. The standard InChI is InChI=1S/C8H9N3/c1-10-7-4-2-3-5-8(7)11-6-9/h2-6H,1H2,(H2,9,11). The first-order chi connectivity index (χ1) is 5.38. The molecule has 3 heteroatoms. The number of aliphatic imine (C=N–C) groups is 2. The summed E-state index contributed by atoms with van der Waals surface area (Å²) < 4.78 is 0. The molecule has 2 N–H and O–H groups in total. The molecular weight excluding hydrogens is 138 g/mol. The summed E-state index contributed by atoms with van der Waals surface area (Å²) in [5.74, 6) is 0. The molecule has 0 radical (unpaired) electrons. The van der Waals surface area contributed by atoms with Crippen LogP contribution in [0.15, 0.2) is 34.3 Å². The maximum absolute atomic E-state index is 5.13. The topological polar surface area (TPSA) is 50.7 Å². The summed E-state index contributed by atoms with van der Waals surface area (Å²) in [7, 11) is 0. The quantitative estimate of drug-likeness (QED) is 0.501. The van der Waals surface area contributed by atoms with E-state index in [2.05, 4.69) is 16.7 Å². The Bertz CT molecular complexity index is 278. The van der Waals surface area contributed by atoms with Crippen molar-refractivity contribution in [2.75, 3.05) is 0 Å². The van der Waals surface area contributed by atoms with Gasteiger partial charge in [-0.25, -0.2) is 4.99 Å². The summed E-state index contributed by atoms with van der Waals surface area (Å²) >= 11 is 0. The maximum atomic E-state index is 5.13. The van der Waals surface area contributed by atoms with Gasteiger partial charge in [-0.15, -0.1) is 0 Å². The summed E-state index contributed by atoms with van der Waals surface area (Å²) in [6.07, 6.45) is 1.24. The number of benzene rings is 1. The molecule has 56 valence electrons. The van der Waals surface area contributed by atoms with Gasteiger partial charge in [-0.3, -0.25) is 4.99 Å². The van der Waals surface area contributed by atoms with Crippen LogP contribution in [0.25, 0.3) is 0 Å². The predicted octanol–water partition coefficient (Wildman–Crippen LogP) is 1.64. The van der Waals surface area contributed by atoms with Crippen LogP contribution in [-0.4, -0.2) is 13.1 Å². The second-order valence-electron chi connectivity index (χ2n) is 1.92. The third-order valence-electron chi connectivity index (χ3n) is 1.27. The molecule has 3 nitrogen and oxygen atoms in total. The molecule has 11 heavy (non-hydrogen) atoms. The fraction of sp³-hybridized carbons (Fsp3) is 0. The molecule has 1 aromatic carbocycles. The van der Waals surface area contributed by atoms with Gasteiger partial charge in [0.2, 0.25) is 0 Å². The Balaban J connectivity index is 3.11. The SMILES string of the molecule is C=Nc1ccccc1N=CN. The second-order valence-corrected chi connectivity index (χ2v) is 1.92. The van der Waals surface area contributed by atoms with E-state index in [0.717, 1.165) is 11.4 Å². The van der Waals surface area contributed by atoms with Crippen LogP contribution in [0, 0.1) is 0 Å². The molecule has 0 bridgehead atoms. The van der Waals surface area contributed by atoms with Gasteiger partial charge < -0.3 is 5.73 Å². The third-order valence-corrected chi connectivity index (χ3v) is 1.27. The molecule has 0 heterocycles. The lowest BCUT2D eigenvalue weighted by Crippen LogP contribution is -1.86. The second kappa shape index (κ2) is 3.51. The Morgan fingerprint density at radius 2 is 1.91 bits per heavy atom. The minimum absolute atomic E-state index is 0.741. The van der Waals surface area contributed by atoms with Crippen LogP contribution in [0.5, 0.6) is 0 Å². The molecule has 0 aliphatic heterocycles. The zero-order valence-electron chi connectivity index (χ0n) is 6.07. The van der Waals surface area contributed by atoms with Crippen LogP contribution in [0.1, 0.15) is 0 Å². The van der Waals surface area contributed by atoms with Crippen molar-refractivity contribution in [1.82, 2.24) is 0 Å². The van der Waals surface area contributed by atoms with E-state index in [0.29, 0.717) is 0 Å². The van der Waals surface area contributed by atoms with Gasteiger partial charge in [0.15, 0.2) is 0 Å². The molecule has 0 spiro atoms. The Kier molecular flexibility index (Phi) is 2.38. The van der Waals surface area contributed by atoms with E-state index in [4.69, 9.17) is 5.73 Å². The summed E-state index contributed by atoms with van der Waals surface area (Å²) in [4.78, 5) is 7.67. The predicted molar refractivity (Wildman–Crippen MR) is 48.0 cm³/mol. The van der Waals surface area contributed by atoms with Crippen LogP contribution in [0.3, 0.4) is 0 Å². The molecule has 0 saturated carbocycles. The Labute approximate surface area is 65.3 Å². The van der Waals surface area contributed by atoms with Crippen molar-refractivity contribution in [3.8, 4) is 0 Å². The fourth-order valence-corrected chi connectivity index (χ4v) is 0.787. The van der Waals surface area contributed by atoms with Crippen molar-refractivity contribution in [2.45, 2.75) is 0 Å². The van der Waals surface area contributed by atoms with Crippen LogP contribution < -0.4 is 5.73 Å². The molecule has 0 aromatic heterocycles. The average Bonchev–Trinajstić information content (AvgIpc) is 2.06. The first kappa shape index (κ1) is 7.47. The van der Waals surface area contributed by atoms with Gasteiger partial charge in [0.05, 0.1) is 17.7 Å². The highest BCUT2D eigenvalue weighted by molar-refractivity contribution is 5.69. The van der Waals surface area contributed by atoms with Crippen molar-refractivity contribution >= 4 is 24.4 Å². The number of rotatable bonds is 2. The van der Waals surface area contributed by atoms with Crippen LogP contribution >= 0.6 is 0 Å². The smallest absolute Gasteiger partial charge is 0.0903 e. The Morgan fingerprint density at radius 3 is 2.45 bits per heavy atom. The monoisotopic (exact) mass is 147 g/mol. The summed E-state index contributed by atoms with van der Waals surface area (Å²) in [6.45, 7) is 3.41. The maximum Gasteiger partial charge on any atom is 0.0903 e. The van der Waals surface area contributed by atoms with Gasteiger partial charge in [0, 0.05) is 0 Å². The highest BCUT2D eigenvalue weighted by atomic mass is 14.8. The van der Waals surface area contributed by atoms with Gasteiger partial charge >= 0.3 is 0 Å². The molecule has 0 amide bonds. The minimum atomic E-state index is 0.741. The number of para-hydroxylation sites is 2. The van der Waals surface area contributed by atoms with E-state index in [1.54, 1.807) is 0 Å². The van der Waals surface area contributed by atoms with E-state index in [1.807, 2.05) is 24.3 Å². The zero-order chi connectivity index (χ0) is 8.10. The minimum Gasteiger partial charge on any atom is -0.390 e. The van der Waals surface area contributed by atoms with E-state index >= 15 is 0 Å². The summed E-state index contributed by atoms with van der Waals surface area (Å²) in [6, 6.07) is 7.40. The molecule has 0 atom stereocenters. The molecule has 1 rings (SSSR count). The van der Waals surface area contributed by atoms with E-state index in [-0.39, 0.29) is 0 Å². The van der Waals surface area contributed by atoms with Gasteiger partial charge in [-0.2, -0.15) is 0 Å². The molecular formula is C8H9N3.